The van der Waals surface area contributed by atoms with Gasteiger partial charge in [0.1, 0.15) is 12.2 Å². The van der Waals surface area contributed by atoms with E-state index in [4.69, 9.17) is 14.2 Å². The van der Waals surface area contributed by atoms with Crippen molar-refractivity contribution < 1.29 is 28.9 Å². The maximum absolute atomic E-state index is 11.8. The molecule has 1 atom stereocenters. The zero-order chi connectivity index (χ0) is 16.9. The molecule has 0 radical (unpaired) electrons. The predicted molar refractivity (Wildman–Crippen MR) is 81.6 cm³/mol. The first-order valence-corrected chi connectivity index (χ1v) is 7.30. The summed E-state index contributed by atoms with van der Waals surface area (Å²) in [6, 6.07) is 6.86. The third-order valence-corrected chi connectivity index (χ3v) is 3.09. The van der Waals surface area contributed by atoms with Gasteiger partial charge in [-0.15, -0.1) is 0 Å². The van der Waals surface area contributed by atoms with Gasteiger partial charge in [0.15, 0.2) is 0 Å². The van der Waals surface area contributed by atoms with Crippen molar-refractivity contribution in [2.24, 2.45) is 0 Å². The number of nitrogens with one attached hydrogen (secondary N) is 1. The number of aliphatic hydroxyl groups is 1. The molecule has 23 heavy (non-hydrogen) atoms. The fraction of sp³-hybridized carbons (Fsp3) is 0.375. The van der Waals surface area contributed by atoms with Crippen molar-refractivity contribution >= 4 is 17.6 Å². The van der Waals surface area contributed by atoms with Gasteiger partial charge in [0, 0.05) is 6.08 Å². The molecule has 1 aromatic carbocycles. The maximum atomic E-state index is 11.8. The summed E-state index contributed by atoms with van der Waals surface area (Å²) in [7, 11) is 0. The first-order chi connectivity index (χ1) is 11.0. The topological polar surface area (TPSA) is 94.1 Å². The van der Waals surface area contributed by atoms with Gasteiger partial charge in [-0.05, 0) is 26.0 Å². The lowest BCUT2D eigenvalue weighted by Crippen LogP contribution is -2.46. The molecule has 0 bridgehead atoms. The van der Waals surface area contributed by atoms with Crippen molar-refractivity contribution in [3.05, 3.63) is 36.0 Å². The van der Waals surface area contributed by atoms with E-state index in [9.17, 15) is 14.7 Å². The van der Waals surface area contributed by atoms with Crippen LogP contribution in [-0.2, 0) is 19.1 Å². The number of para-hydroxylation sites is 2. The van der Waals surface area contributed by atoms with Crippen LogP contribution in [0.5, 0.6) is 5.75 Å². The molecule has 0 amide bonds. The summed E-state index contributed by atoms with van der Waals surface area (Å²) in [6.45, 7) is 3.69. The highest BCUT2D eigenvalue weighted by atomic mass is 16.6. The summed E-state index contributed by atoms with van der Waals surface area (Å²) in [5, 5.41) is 13.6. The Morgan fingerprint density at radius 3 is 2.65 bits per heavy atom. The predicted octanol–water partition coefficient (Wildman–Crippen LogP) is 1.58. The van der Waals surface area contributed by atoms with Gasteiger partial charge in [0.05, 0.1) is 24.6 Å². The highest BCUT2D eigenvalue weighted by Crippen LogP contribution is 2.38. The molecule has 2 N–H and O–H groups in total. The minimum atomic E-state index is -2.03. The summed E-state index contributed by atoms with van der Waals surface area (Å²) in [6.07, 6.45) is 0.603. The Kier molecular flexibility index (Phi) is 5.23. The molecule has 0 saturated heterocycles. The van der Waals surface area contributed by atoms with Crippen molar-refractivity contribution in [1.82, 2.24) is 0 Å². The Hall–Kier alpha value is -2.54. The van der Waals surface area contributed by atoms with Crippen LogP contribution in [0.1, 0.15) is 20.3 Å². The molecule has 0 aliphatic carbocycles. The van der Waals surface area contributed by atoms with Crippen molar-refractivity contribution in [3.8, 4) is 5.75 Å². The molecular weight excluding hydrogens is 302 g/mol. The Morgan fingerprint density at radius 1 is 1.26 bits per heavy atom. The number of anilines is 1. The van der Waals surface area contributed by atoms with E-state index in [0.29, 0.717) is 11.4 Å². The van der Waals surface area contributed by atoms with Crippen LogP contribution in [0.25, 0.3) is 0 Å². The zero-order valence-corrected chi connectivity index (χ0v) is 13.0. The van der Waals surface area contributed by atoms with Gasteiger partial charge in [-0.3, -0.25) is 4.79 Å². The molecule has 0 saturated carbocycles. The lowest BCUT2D eigenvalue weighted by atomic mass is 10.1. The third-order valence-electron chi connectivity index (χ3n) is 3.09. The van der Waals surface area contributed by atoms with E-state index in [2.05, 4.69) is 5.32 Å². The first-order valence-electron chi connectivity index (χ1n) is 7.30. The lowest BCUT2D eigenvalue weighted by Gasteiger charge is -2.36. The Morgan fingerprint density at radius 2 is 1.96 bits per heavy atom. The van der Waals surface area contributed by atoms with E-state index >= 15 is 0 Å². The molecule has 7 heteroatoms. The van der Waals surface area contributed by atoms with E-state index in [1.807, 2.05) is 0 Å². The van der Waals surface area contributed by atoms with Gasteiger partial charge >= 0.3 is 11.9 Å². The summed E-state index contributed by atoms with van der Waals surface area (Å²) in [4.78, 5) is 23.5. The molecule has 0 spiro atoms. The fourth-order valence-corrected chi connectivity index (χ4v) is 2.13. The molecule has 0 unspecified atom stereocenters. The number of hydrogen-bond acceptors (Lipinski definition) is 7. The Labute approximate surface area is 133 Å². The highest BCUT2D eigenvalue weighted by molar-refractivity contribution is 5.85. The second kappa shape index (κ2) is 7.15. The molecular formula is C16H19NO6. The summed E-state index contributed by atoms with van der Waals surface area (Å²) in [5.74, 6) is -2.97. The first kappa shape index (κ1) is 16.8. The van der Waals surface area contributed by atoms with E-state index in [0.717, 1.165) is 6.08 Å². The van der Waals surface area contributed by atoms with E-state index in [1.165, 1.54) is 0 Å². The fourth-order valence-electron chi connectivity index (χ4n) is 2.13. The van der Waals surface area contributed by atoms with Crippen LogP contribution in [0.4, 0.5) is 5.69 Å². The summed E-state index contributed by atoms with van der Waals surface area (Å²) < 4.78 is 15.2. The molecule has 1 heterocycles. The minimum absolute atomic E-state index is 0.0164. The van der Waals surface area contributed by atoms with Crippen molar-refractivity contribution in [2.45, 2.75) is 26.1 Å². The number of carbonyl (C=O) groups is 2. The van der Waals surface area contributed by atoms with Gasteiger partial charge < -0.3 is 24.6 Å². The number of ether oxygens (including phenoxy) is 3. The molecule has 0 fully saturated rings. The molecule has 0 aromatic heterocycles. The molecule has 1 aromatic rings. The van der Waals surface area contributed by atoms with E-state index < -0.39 is 24.1 Å². The number of benzene rings is 1. The molecule has 1 aliphatic rings. The van der Waals surface area contributed by atoms with E-state index in [1.54, 1.807) is 38.1 Å². The van der Waals surface area contributed by atoms with Crippen LogP contribution in [0.15, 0.2) is 36.0 Å². The average molecular weight is 321 g/mol. The summed E-state index contributed by atoms with van der Waals surface area (Å²) >= 11 is 0. The quantitative estimate of drug-likeness (QED) is 0.628. The number of esters is 2. The van der Waals surface area contributed by atoms with Crippen molar-refractivity contribution in [2.75, 3.05) is 18.5 Å². The SMILES string of the molecule is CCOC(=O)/C=C1\Nc2ccccc2O[C@@]1(O)CC(=O)OCC. The van der Waals surface area contributed by atoms with Crippen LogP contribution in [0.2, 0.25) is 0 Å². The van der Waals surface area contributed by atoms with Crippen molar-refractivity contribution in [1.29, 1.82) is 0 Å². The third kappa shape index (κ3) is 4.01. The lowest BCUT2D eigenvalue weighted by molar-refractivity contribution is -0.163. The van der Waals surface area contributed by atoms with Gasteiger partial charge in [-0.1, -0.05) is 12.1 Å². The summed E-state index contributed by atoms with van der Waals surface area (Å²) in [5.41, 5.74) is 0.583. The number of hydrogen-bond donors (Lipinski definition) is 2. The molecule has 2 rings (SSSR count). The Bertz CT molecular complexity index is 627. The largest absolute Gasteiger partial charge is 0.466 e. The van der Waals surface area contributed by atoms with Gasteiger partial charge in [0.2, 0.25) is 0 Å². The van der Waals surface area contributed by atoms with Gasteiger partial charge in [0.25, 0.3) is 5.79 Å². The molecule has 7 nitrogen and oxygen atoms in total. The van der Waals surface area contributed by atoms with Gasteiger partial charge in [-0.25, -0.2) is 4.79 Å². The Balaban J connectivity index is 2.34. The second-order valence-corrected chi connectivity index (χ2v) is 4.80. The van der Waals surface area contributed by atoms with E-state index in [-0.39, 0.29) is 18.9 Å². The average Bonchev–Trinajstić information content (AvgIpc) is 2.48. The number of rotatable bonds is 5. The number of fused-ring (bicyclic) bond motifs is 1. The molecule has 1 aliphatic heterocycles. The second-order valence-electron chi connectivity index (χ2n) is 4.80. The van der Waals surface area contributed by atoms with Crippen LogP contribution in [0.3, 0.4) is 0 Å². The smallest absolute Gasteiger partial charge is 0.332 e. The maximum Gasteiger partial charge on any atom is 0.332 e. The number of carbonyl (C=O) groups excluding carboxylic acids is 2. The normalized spacial score (nSPS) is 20.9. The van der Waals surface area contributed by atoms with Crippen LogP contribution < -0.4 is 10.1 Å². The standard InChI is InChI=1S/C16H19NO6/c1-3-21-14(18)9-13-16(20,10-15(19)22-4-2)23-12-8-6-5-7-11(12)17-13/h5-9,17,20H,3-4,10H2,1-2H3/b13-9-/t16-/m0/s1. The van der Waals surface area contributed by atoms with Crippen molar-refractivity contribution in [3.63, 3.8) is 0 Å². The molecule has 124 valence electrons. The van der Waals surface area contributed by atoms with Crippen LogP contribution in [-0.4, -0.2) is 36.0 Å². The minimum Gasteiger partial charge on any atom is -0.466 e. The highest BCUT2D eigenvalue weighted by Gasteiger charge is 2.42. The van der Waals surface area contributed by atoms with Gasteiger partial charge in [-0.2, -0.15) is 0 Å². The zero-order valence-electron chi connectivity index (χ0n) is 13.0. The van der Waals surface area contributed by atoms with Crippen LogP contribution in [0, 0.1) is 0 Å². The van der Waals surface area contributed by atoms with Crippen LogP contribution >= 0.6 is 0 Å². The monoisotopic (exact) mass is 321 g/mol.